The molecule has 1 unspecified atom stereocenters. The zero-order valence-electron chi connectivity index (χ0n) is 23.1. The van der Waals surface area contributed by atoms with Crippen LogP contribution in [0, 0.1) is 24.7 Å². The Bertz CT molecular complexity index is 1120. The molecule has 210 valence electrons. The molecule has 0 heterocycles. The molecular formula is C33H42O6. The predicted molar refractivity (Wildman–Crippen MR) is 151 cm³/mol. The minimum Gasteiger partial charge on any atom is -0.474 e. The number of aryl methyl sites for hydroxylation is 1. The lowest BCUT2D eigenvalue weighted by atomic mass is 9.66. The van der Waals surface area contributed by atoms with E-state index >= 15 is 0 Å². The molecule has 2 aromatic rings. The van der Waals surface area contributed by atoms with Gasteiger partial charge >= 0.3 is 5.97 Å². The Morgan fingerprint density at radius 2 is 1.77 bits per heavy atom. The van der Waals surface area contributed by atoms with Crippen molar-refractivity contribution < 1.29 is 29.6 Å². The Labute approximate surface area is 232 Å². The van der Waals surface area contributed by atoms with Gasteiger partial charge in [-0.25, -0.2) is 4.79 Å². The van der Waals surface area contributed by atoms with Crippen LogP contribution < -0.4 is 4.74 Å². The molecule has 0 aliphatic heterocycles. The summed E-state index contributed by atoms with van der Waals surface area (Å²) in [5.41, 5.74) is 2.76. The Hall–Kier alpha value is -2.93. The molecule has 2 aliphatic rings. The van der Waals surface area contributed by atoms with Crippen LogP contribution in [-0.2, 0) is 9.53 Å². The third kappa shape index (κ3) is 7.59. The molecule has 6 nitrogen and oxygen atoms in total. The first-order valence-electron chi connectivity index (χ1n) is 14.2. The van der Waals surface area contributed by atoms with Crippen molar-refractivity contribution in [3.05, 3.63) is 89.5 Å². The quantitative estimate of drug-likeness (QED) is 0.332. The zero-order valence-corrected chi connectivity index (χ0v) is 23.1. The van der Waals surface area contributed by atoms with E-state index in [-0.39, 0.29) is 17.8 Å². The summed E-state index contributed by atoms with van der Waals surface area (Å²) in [7, 11) is 0. The number of rotatable bonds is 11. The highest BCUT2D eigenvalue weighted by Crippen LogP contribution is 2.44. The smallest absolute Gasteiger partial charge is 0.352 e. The van der Waals surface area contributed by atoms with Gasteiger partial charge in [-0.1, -0.05) is 80.1 Å². The second kappa shape index (κ2) is 13.4. The highest BCUT2D eigenvalue weighted by Gasteiger charge is 2.43. The molecule has 39 heavy (non-hydrogen) atoms. The van der Waals surface area contributed by atoms with Crippen LogP contribution in [0.3, 0.4) is 0 Å². The average Bonchev–Trinajstić information content (AvgIpc) is 2.92. The number of aliphatic hydroxyl groups excluding tert-OH is 3. The topological polar surface area (TPSA) is 96.2 Å². The van der Waals surface area contributed by atoms with Gasteiger partial charge in [-0.05, 0) is 62.1 Å². The molecule has 0 fully saturated rings. The fourth-order valence-corrected chi connectivity index (χ4v) is 5.81. The Balaban J connectivity index is 1.55. The fraction of sp³-hybridized carbons (Fsp3) is 0.485. The summed E-state index contributed by atoms with van der Waals surface area (Å²) in [6.45, 7) is 6.04. The van der Waals surface area contributed by atoms with Gasteiger partial charge in [0, 0.05) is 17.9 Å². The molecule has 2 aliphatic carbocycles. The molecule has 3 N–H and O–H groups in total. The van der Waals surface area contributed by atoms with Crippen LogP contribution in [0.5, 0.6) is 5.75 Å². The summed E-state index contributed by atoms with van der Waals surface area (Å²) in [5.74, 6) is 0.309. The van der Waals surface area contributed by atoms with Crippen LogP contribution in [0.15, 0.2) is 78.4 Å². The van der Waals surface area contributed by atoms with Crippen molar-refractivity contribution in [1.29, 1.82) is 0 Å². The minimum absolute atomic E-state index is 0.101. The van der Waals surface area contributed by atoms with Gasteiger partial charge in [0.25, 0.3) is 0 Å². The van der Waals surface area contributed by atoms with Crippen molar-refractivity contribution in [3.63, 3.8) is 0 Å². The molecular weight excluding hydrogens is 492 g/mol. The monoisotopic (exact) mass is 534 g/mol. The standard InChI is InChI=1S/C33H42O6/c1-4-25(34)19-26(35)14-17-29-22(3)12-13-24-18-27(36)20-30(31(24)29)39-33(37)32(23-8-6-5-7-9-23)38-28-15-10-21(2)11-16-28/h5-13,15-16,18,22,25-27,29-32,34-36H,4,14,17,19-20H2,1-3H3/t22-,25+,26+,27+,29-,30-,31-,32?/m0/s1. The van der Waals surface area contributed by atoms with E-state index < -0.39 is 36.5 Å². The van der Waals surface area contributed by atoms with E-state index in [4.69, 9.17) is 9.47 Å². The molecule has 0 saturated carbocycles. The van der Waals surface area contributed by atoms with E-state index in [1.165, 1.54) is 0 Å². The maximum Gasteiger partial charge on any atom is 0.352 e. The second-order valence-corrected chi connectivity index (χ2v) is 11.1. The van der Waals surface area contributed by atoms with Gasteiger partial charge in [0.1, 0.15) is 11.9 Å². The maximum absolute atomic E-state index is 13.7. The van der Waals surface area contributed by atoms with Gasteiger partial charge in [0.2, 0.25) is 6.10 Å². The number of carbonyl (C=O) groups excluding carboxylic acids is 1. The zero-order chi connectivity index (χ0) is 27.9. The van der Waals surface area contributed by atoms with E-state index in [0.717, 1.165) is 17.6 Å². The summed E-state index contributed by atoms with van der Waals surface area (Å²) < 4.78 is 12.4. The lowest BCUT2D eigenvalue weighted by Crippen LogP contribution is -2.43. The Morgan fingerprint density at radius 3 is 2.46 bits per heavy atom. The molecule has 0 spiro atoms. The van der Waals surface area contributed by atoms with Gasteiger partial charge < -0.3 is 24.8 Å². The van der Waals surface area contributed by atoms with E-state index in [1.54, 1.807) is 0 Å². The highest BCUT2D eigenvalue weighted by molar-refractivity contribution is 5.77. The number of esters is 1. The number of allylic oxidation sites excluding steroid dienone is 2. The molecule has 4 rings (SSSR count). The number of carbonyl (C=O) groups is 1. The highest BCUT2D eigenvalue weighted by atomic mass is 16.6. The van der Waals surface area contributed by atoms with Crippen LogP contribution in [-0.4, -0.2) is 45.7 Å². The number of fused-ring (bicyclic) bond motifs is 1. The molecule has 2 aromatic carbocycles. The van der Waals surface area contributed by atoms with E-state index in [2.05, 4.69) is 13.0 Å². The van der Waals surface area contributed by atoms with Gasteiger partial charge in [-0.2, -0.15) is 0 Å². The number of ether oxygens (including phenoxy) is 2. The van der Waals surface area contributed by atoms with Crippen molar-refractivity contribution in [3.8, 4) is 5.75 Å². The van der Waals surface area contributed by atoms with E-state index in [0.29, 0.717) is 37.0 Å². The molecule has 8 atom stereocenters. The van der Waals surface area contributed by atoms with Crippen molar-refractivity contribution in [2.75, 3.05) is 0 Å². The number of hydrogen-bond acceptors (Lipinski definition) is 6. The SMILES string of the molecule is CC[C@@H](O)C[C@H](O)CC[C@@H]1[C@@H]2C(=C[C@@H](O)C[C@@H]2OC(=O)C(Oc2ccc(C)cc2)c2ccccc2)C=C[C@@H]1C. The first-order chi connectivity index (χ1) is 18.7. The number of hydrogen-bond donors (Lipinski definition) is 3. The first-order valence-corrected chi connectivity index (χ1v) is 14.2. The molecule has 0 saturated heterocycles. The summed E-state index contributed by atoms with van der Waals surface area (Å²) in [6.07, 6.45) is 5.26. The summed E-state index contributed by atoms with van der Waals surface area (Å²) in [5, 5.41) is 31.1. The van der Waals surface area contributed by atoms with Crippen LogP contribution >= 0.6 is 0 Å². The normalized spacial score (nSPS) is 26.6. The van der Waals surface area contributed by atoms with Crippen molar-refractivity contribution >= 4 is 5.97 Å². The molecule has 0 radical (unpaired) electrons. The van der Waals surface area contributed by atoms with Gasteiger partial charge in [0.15, 0.2) is 0 Å². The van der Waals surface area contributed by atoms with Crippen LogP contribution in [0.1, 0.15) is 63.2 Å². The van der Waals surface area contributed by atoms with Gasteiger partial charge in [-0.3, -0.25) is 0 Å². The third-order valence-corrected chi connectivity index (χ3v) is 8.08. The predicted octanol–water partition coefficient (Wildman–Crippen LogP) is 5.46. The molecule has 0 aromatic heterocycles. The minimum atomic E-state index is -0.951. The first kappa shape index (κ1) is 29.1. The molecule has 0 bridgehead atoms. The van der Waals surface area contributed by atoms with Crippen LogP contribution in [0.2, 0.25) is 0 Å². The fourth-order valence-electron chi connectivity index (χ4n) is 5.81. The van der Waals surface area contributed by atoms with Gasteiger partial charge in [0.05, 0.1) is 18.3 Å². The van der Waals surface area contributed by atoms with Gasteiger partial charge in [-0.15, -0.1) is 0 Å². The van der Waals surface area contributed by atoms with Crippen LogP contribution in [0.25, 0.3) is 0 Å². The summed E-state index contributed by atoms with van der Waals surface area (Å²) >= 11 is 0. The number of benzene rings is 2. The lowest BCUT2D eigenvalue weighted by molar-refractivity contribution is -0.163. The molecule has 0 amide bonds. The Kier molecular flexibility index (Phi) is 10.0. The van der Waals surface area contributed by atoms with Crippen molar-refractivity contribution in [1.82, 2.24) is 0 Å². The number of aliphatic hydroxyl groups is 3. The van der Waals surface area contributed by atoms with E-state index in [9.17, 15) is 20.1 Å². The van der Waals surface area contributed by atoms with Crippen molar-refractivity contribution in [2.24, 2.45) is 17.8 Å². The molecule has 6 heteroatoms. The largest absolute Gasteiger partial charge is 0.474 e. The second-order valence-electron chi connectivity index (χ2n) is 11.1. The summed E-state index contributed by atoms with van der Waals surface area (Å²) in [4.78, 5) is 13.7. The third-order valence-electron chi connectivity index (χ3n) is 8.08. The Morgan fingerprint density at radius 1 is 1.05 bits per heavy atom. The maximum atomic E-state index is 13.7. The summed E-state index contributed by atoms with van der Waals surface area (Å²) in [6, 6.07) is 16.9. The van der Waals surface area contributed by atoms with E-state index in [1.807, 2.05) is 80.6 Å². The van der Waals surface area contributed by atoms with Crippen molar-refractivity contribution in [2.45, 2.75) is 83.4 Å². The average molecular weight is 535 g/mol. The van der Waals surface area contributed by atoms with Crippen LogP contribution in [0.4, 0.5) is 0 Å². The lowest BCUT2D eigenvalue weighted by Gasteiger charge is -2.43.